The van der Waals surface area contributed by atoms with E-state index in [1.54, 1.807) is 7.11 Å². The number of rotatable bonds is 11. The second-order valence-corrected chi connectivity index (χ2v) is 5.90. The Kier molecular flexibility index (Phi) is 9.08. The topological polar surface area (TPSA) is 24.5 Å². The molecule has 1 aromatic heterocycles. The zero-order chi connectivity index (χ0) is 13.9. The van der Waals surface area contributed by atoms with Crippen molar-refractivity contribution in [1.29, 1.82) is 0 Å². The van der Waals surface area contributed by atoms with Crippen LogP contribution in [0.15, 0.2) is 17.5 Å². The first-order valence-electron chi connectivity index (χ1n) is 7.24. The molecule has 1 unspecified atom stereocenters. The van der Waals surface area contributed by atoms with Crippen molar-refractivity contribution >= 4 is 11.3 Å². The van der Waals surface area contributed by atoms with Crippen LogP contribution in [0.5, 0.6) is 0 Å². The van der Waals surface area contributed by atoms with Gasteiger partial charge in [0.2, 0.25) is 0 Å². The number of hydrogen-bond acceptors (Lipinski definition) is 4. The molecule has 0 aliphatic heterocycles. The van der Waals surface area contributed by atoms with Gasteiger partial charge in [0.1, 0.15) is 0 Å². The second kappa shape index (κ2) is 10.4. The summed E-state index contributed by atoms with van der Waals surface area (Å²) in [5.41, 5.74) is 0. The maximum absolute atomic E-state index is 5.18. The molecule has 1 atom stereocenters. The lowest BCUT2D eigenvalue weighted by molar-refractivity contribution is 0.123. The lowest BCUT2D eigenvalue weighted by Gasteiger charge is -2.28. The molecule has 1 N–H and O–H groups in total. The third kappa shape index (κ3) is 7.06. The van der Waals surface area contributed by atoms with Gasteiger partial charge in [-0.1, -0.05) is 13.0 Å². The number of nitrogens with one attached hydrogen (secondary N) is 1. The Morgan fingerprint density at radius 3 is 2.84 bits per heavy atom. The molecule has 1 heterocycles. The molecule has 0 fully saturated rings. The van der Waals surface area contributed by atoms with Crippen molar-refractivity contribution in [2.24, 2.45) is 0 Å². The summed E-state index contributed by atoms with van der Waals surface area (Å²) in [5.74, 6) is 0. The van der Waals surface area contributed by atoms with E-state index in [2.05, 4.69) is 41.6 Å². The average molecular weight is 284 g/mol. The van der Waals surface area contributed by atoms with Crippen molar-refractivity contribution in [1.82, 2.24) is 10.2 Å². The average Bonchev–Trinajstić information content (AvgIpc) is 2.94. The summed E-state index contributed by atoms with van der Waals surface area (Å²) in [5, 5.41) is 5.68. The van der Waals surface area contributed by atoms with E-state index >= 15 is 0 Å². The van der Waals surface area contributed by atoms with Gasteiger partial charge in [0, 0.05) is 44.2 Å². The molecule has 19 heavy (non-hydrogen) atoms. The molecule has 0 aliphatic carbocycles. The minimum atomic E-state index is 0.634. The van der Waals surface area contributed by atoms with Crippen LogP contribution < -0.4 is 5.32 Å². The van der Waals surface area contributed by atoms with Crippen LogP contribution in [0.3, 0.4) is 0 Å². The van der Waals surface area contributed by atoms with E-state index in [-0.39, 0.29) is 0 Å². The molecular weight excluding hydrogens is 256 g/mol. The molecule has 0 radical (unpaired) electrons. The summed E-state index contributed by atoms with van der Waals surface area (Å²) in [6, 6.07) is 4.96. The lowest BCUT2D eigenvalue weighted by Crippen LogP contribution is -2.40. The van der Waals surface area contributed by atoms with Crippen LogP contribution in [0.2, 0.25) is 0 Å². The molecule has 0 aliphatic rings. The highest BCUT2D eigenvalue weighted by atomic mass is 32.1. The van der Waals surface area contributed by atoms with Gasteiger partial charge in [0.05, 0.1) is 6.61 Å². The fourth-order valence-corrected chi connectivity index (χ4v) is 2.74. The zero-order valence-electron chi connectivity index (χ0n) is 12.5. The second-order valence-electron chi connectivity index (χ2n) is 4.87. The van der Waals surface area contributed by atoms with Crippen LogP contribution >= 0.6 is 11.3 Å². The quantitative estimate of drug-likeness (QED) is 0.632. The van der Waals surface area contributed by atoms with Gasteiger partial charge in [-0.3, -0.25) is 4.90 Å². The van der Waals surface area contributed by atoms with Crippen LogP contribution in [-0.4, -0.2) is 50.8 Å². The standard InChI is InChI=1S/C15H28N2OS/c1-4-14(2)17(11-12-18-3)10-9-16-8-7-15-6-5-13-19-15/h5-6,13-14,16H,4,7-12H2,1-3H3. The van der Waals surface area contributed by atoms with E-state index < -0.39 is 0 Å². The highest BCUT2D eigenvalue weighted by Gasteiger charge is 2.10. The van der Waals surface area contributed by atoms with Gasteiger partial charge in [0.25, 0.3) is 0 Å². The van der Waals surface area contributed by atoms with Crippen molar-refractivity contribution in [3.63, 3.8) is 0 Å². The van der Waals surface area contributed by atoms with Gasteiger partial charge in [-0.2, -0.15) is 0 Å². The smallest absolute Gasteiger partial charge is 0.0589 e. The predicted octanol–water partition coefficient (Wildman–Crippen LogP) is 2.63. The Hall–Kier alpha value is -0.420. The van der Waals surface area contributed by atoms with Crippen molar-refractivity contribution in [2.45, 2.75) is 32.7 Å². The van der Waals surface area contributed by atoms with Gasteiger partial charge in [-0.25, -0.2) is 0 Å². The summed E-state index contributed by atoms with van der Waals surface area (Å²) in [6.45, 7) is 9.61. The normalized spacial score (nSPS) is 13.1. The first kappa shape index (κ1) is 16.6. The zero-order valence-corrected chi connectivity index (χ0v) is 13.3. The van der Waals surface area contributed by atoms with Crippen LogP contribution in [0.25, 0.3) is 0 Å². The Morgan fingerprint density at radius 1 is 1.37 bits per heavy atom. The Morgan fingerprint density at radius 2 is 2.21 bits per heavy atom. The highest BCUT2D eigenvalue weighted by Crippen LogP contribution is 2.08. The maximum Gasteiger partial charge on any atom is 0.0589 e. The fraction of sp³-hybridized carbons (Fsp3) is 0.733. The van der Waals surface area contributed by atoms with Gasteiger partial charge in [0.15, 0.2) is 0 Å². The van der Waals surface area contributed by atoms with Gasteiger partial charge in [-0.15, -0.1) is 11.3 Å². The van der Waals surface area contributed by atoms with Crippen molar-refractivity contribution < 1.29 is 4.74 Å². The molecule has 0 saturated carbocycles. The van der Waals surface area contributed by atoms with Crippen LogP contribution in [0.1, 0.15) is 25.1 Å². The van der Waals surface area contributed by atoms with Gasteiger partial charge in [-0.05, 0) is 31.2 Å². The molecule has 110 valence electrons. The lowest BCUT2D eigenvalue weighted by atomic mass is 10.2. The molecule has 1 aromatic rings. The molecule has 0 bridgehead atoms. The van der Waals surface area contributed by atoms with E-state index in [1.807, 2.05) is 11.3 Å². The van der Waals surface area contributed by atoms with Crippen LogP contribution in [0, 0.1) is 0 Å². The summed E-state index contributed by atoms with van der Waals surface area (Å²) >= 11 is 1.84. The first-order chi connectivity index (χ1) is 9.27. The fourth-order valence-electron chi connectivity index (χ4n) is 2.03. The molecule has 0 spiro atoms. The molecule has 0 saturated heterocycles. The molecule has 0 aromatic carbocycles. The first-order valence-corrected chi connectivity index (χ1v) is 8.12. The Balaban J connectivity index is 2.12. The number of ether oxygens (including phenoxy) is 1. The van der Waals surface area contributed by atoms with Gasteiger partial charge < -0.3 is 10.1 Å². The molecule has 1 rings (SSSR count). The molecule has 4 heteroatoms. The minimum Gasteiger partial charge on any atom is -0.383 e. The van der Waals surface area contributed by atoms with Crippen molar-refractivity contribution in [3.8, 4) is 0 Å². The number of methoxy groups -OCH3 is 1. The van der Waals surface area contributed by atoms with Crippen LogP contribution in [-0.2, 0) is 11.2 Å². The third-order valence-electron chi connectivity index (χ3n) is 3.50. The Bertz CT molecular complexity index is 303. The summed E-state index contributed by atoms with van der Waals surface area (Å²) in [4.78, 5) is 3.97. The van der Waals surface area contributed by atoms with Crippen molar-refractivity contribution in [3.05, 3.63) is 22.4 Å². The van der Waals surface area contributed by atoms with E-state index in [4.69, 9.17) is 4.74 Å². The molecule has 3 nitrogen and oxygen atoms in total. The SMILES string of the molecule is CCC(C)N(CCNCCc1cccs1)CCOC. The van der Waals surface area contributed by atoms with Crippen LogP contribution in [0.4, 0.5) is 0 Å². The highest BCUT2D eigenvalue weighted by molar-refractivity contribution is 7.09. The van der Waals surface area contributed by atoms with E-state index in [0.717, 1.165) is 39.2 Å². The Labute approximate surface area is 122 Å². The monoisotopic (exact) mass is 284 g/mol. The molecule has 0 amide bonds. The van der Waals surface area contributed by atoms with E-state index in [1.165, 1.54) is 11.3 Å². The largest absolute Gasteiger partial charge is 0.383 e. The number of thiophene rings is 1. The number of nitrogens with zero attached hydrogens (tertiary/aromatic N) is 1. The summed E-state index contributed by atoms with van der Waals surface area (Å²) < 4.78 is 5.18. The maximum atomic E-state index is 5.18. The number of hydrogen-bond donors (Lipinski definition) is 1. The molecular formula is C15H28N2OS. The van der Waals surface area contributed by atoms with Gasteiger partial charge >= 0.3 is 0 Å². The van der Waals surface area contributed by atoms with E-state index in [0.29, 0.717) is 6.04 Å². The summed E-state index contributed by atoms with van der Waals surface area (Å²) in [7, 11) is 1.77. The summed E-state index contributed by atoms with van der Waals surface area (Å²) in [6.07, 6.45) is 2.33. The third-order valence-corrected chi connectivity index (χ3v) is 4.44. The minimum absolute atomic E-state index is 0.634. The predicted molar refractivity (Wildman–Crippen MR) is 84.1 cm³/mol. The van der Waals surface area contributed by atoms with Crippen molar-refractivity contribution in [2.75, 3.05) is 39.9 Å². The van der Waals surface area contributed by atoms with E-state index in [9.17, 15) is 0 Å².